The number of carbonyl (C=O) groups is 3. The number of fused-ring (bicyclic) bond motifs is 2. The number of imidazole rings is 1. The minimum atomic E-state index is -0.942. The average molecular weight is 590 g/mol. The number of urea groups is 1. The molecule has 1 aliphatic heterocycles. The van der Waals surface area contributed by atoms with Gasteiger partial charge in [0.05, 0.1) is 18.1 Å². The maximum Gasteiger partial charge on any atom is 0.328 e. The molecule has 12 heteroatoms. The summed E-state index contributed by atoms with van der Waals surface area (Å²) in [7, 11) is 1.28. The number of carbonyl (C=O) groups excluding carboxylic acids is 3. The molecular formula is C31H39N7O5. The van der Waals surface area contributed by atoms with Gasteiger partial charge >= 0.3 is 17.7 Å². The highest BCUT2D eigenvalue weighted by atomic mass is 16.5. The van der Waals surface area contributed by atoms with Crippen molar-refractivity contribution >= 4 is 39.8 Å². The van der Waals surface area contributed by atoms with Crippen molar-refractivity contribution < 1.29 is 19.1 Å². The van der Waals surface area contributed by atoms with Crippen LogP contribution in [0.25, 0.3) is 21.9 Å². The van der Waals surface area contributed by atoms with Crippen LogP contribution in [0.3, 0.4) is 0 Å². The first kappa shape index (κ1) is 29.9. The number of nitrogens with one attached hydrogen (secondary N) is 4. The fourth-order valence-corrected chi connectivity index (χ4v) is 5.89. The third-order valence-electron chi connectivity index (χ3n) is 8.20. The molecule has 4 aromatic rings. The lowest BCUT2D eigenvalue weighted by Gasteiger charge is -2.33. The minimum absolute atomic E-state index is 0.0487. The van der Waals surface area contributed by atoms with E-state index in [1.807, 2.05) is 54.7 Å². The van der Waals surface area contributed by atoms with Crippen molar-refractivity contribution in [3.63, 3.8) is 0 Å². The van der Waals surface area contributed by atoms with Gasteiger partial charge in [-0.15, -0.1) is 0 Å². The maximum absolute atomic E-state index is 13.6. The van der Waals surface area contributed by atoms with Crippen LogP contribution in [-0.2, 0) is 20.7 Å². The number of amides is 3. The van der Waals surface area contributed by atoms with Gasteiger partial charge in [0.15, 0.2) is 0 Å². The molecule has 12 nitrogen and oxygen atoms in total. The number of rotatable bonds is 11. The first-order valence-corrected chi connectivity index (χ1v) is 14.8. The molecule has 0 radical (unpaired) electrons. The Kier molecular flexibility index (Phi) is 9.45. The molecule has 0 unspecified atom stereocenters. The third kappa shape index (κ3) is 6.75. The highest BCUT2D eigenvalue weighted by molar-refractivity contribution is 5.92. The lowest BCUT2D eigenvalue weighted by molar-refractivity contribution is -0.145. The van der Waals surface area contributed by atoms with Gasteiger partial charge in [0, 0.05) is 42.7 Å². The Morgan fingerprint density at radius 3 is 2.47 bits per heavy atom. The molecule has 2 aromatic heterocycles. The number of hydrogen-bond acceptors (Lipinski definition) is 6. The molecule has 0 saturated carbocycles. The molecular weight excluding hydrogens is 550 g/mol. The van der Waals surface area contributed by atoms with Crippen molar-refractivity contribution in [3.05, 3.63) is 70.8 Å². The van der Waals surface area contributed by atoms with Crippen LogP contribution in [-0.4, -0.2) is 76.2 Å². The molecule has 2 aromatic carbocycles. The van der Waals surface area contributed by atoms with Crippen molar-refractivity contribution in [1.29, 1.82) is 0 Å². The standard InChI is InChI=1S/C31H39N7O5/c1-43-29(40)25(11-6-7-15-32)34-28(39)26(18-20-19-33-23-9-3-2-8-22(20)23)36-30(41)37-16-13-21(14-17-37)38-27-12-5-4-10-24(27)35-31(38)42/h2-5,8-10,12,19,21,25-26,33H,6-7,11,13-18,32H2,1H3,(H,34,39)(H,35,42)(H,36,41)/t25-,26+/m0/s1. The molecule has 0 aliphatic carbocycles. The summed E-state index contributed by atoms with van der Waals surface area (Å²) in [6.45, 7) is 1.33. The molecule has 228 valence electrons. The number of nitrogens with two attached hydrogens (primary N) is 1. The summed E-state index contributed by atoms with van der Waals surface area (Å²) in [6, 6.07) is 13.1. The minimum Gasteiger partial charge on any atom is -0.467 e. The number of para-hydroxylation sites is 3. The summed E-state index contributed by atoms with van der Waals surface area (Å²) < 4.78 is 6.70. The van der Waals surface area contributed by atoms with Crippen LogP contribution in [0.5, 0.6) is 0 Å². The van der Waals surface area contributed by atoms with Gasteiger partial charge in [0.2, 0.25) is 5.91 Å². The van der Waals surface area contributed by atoms with Crippen LogP contribution in [0.2, 0.25) is 0 Å². The Labute approximate surface area is 248 Å². The van der Waals surface area contributed by atoms with Gasteiger partial charge < -0.3 is 36.0 Å². The van der Waals surface area contributed by atoms with E-state index in [1.165, 1.54) is 7.11 Å². The molecule has 1 aliphatic rings. The van der Waals surface area contributed by atoms with Gasteiger partial charge in [-0.25, -0.2) is 14.4 Å². The second-order valence-corrected chi connectivity index (χ2v) is 11.0. The molecule has 1 saturated heterocycles. The molecule has 6 N–H and O–H groups in total. The Morgan fingerprint density at radius 1 is 1.00 bits per heavy atom. The fourth-order valence-electron chi connectivity index (χ4n) is 5.89. The summed E-state index contributed by atoms with van der Waals surface area (Å²) in [4.78, 5) is 60.1. The van der Waals surface area contributed by atoms with Crippen LogP contribution in [0.1, 0.15) is 43.7 Å². The van der Waals surface area contributed by atoms with Crippen molar-refractivity contribution in [2.24, 2.45) is 5.73 Å². The van der Waals surface area contributed by atoms with Crippen molar-refractivity contribution in [1.82, 2.24) is 30.1 Å². The number of aromatic amines is 2. The fraction of sp³-hybridized carbons (Fsp3) is 0.419. The summed E-state index contributed by atoms with van der Waals surface area (Å²) >= 11 is 0. The molecule has 2 atom stereocenters. The van der Waals surface area contributed by atoms with Gasteiger partial charge in [0.1, 0.15) is 12.1 Å². The molecule has 0 bridgehead atoms. The van der Waals surface area contributed by atoms with E-state index < -0.39 is 24.0 Å². The zero-order chi connectivity index (χ0) is 30.3. The van der Waals surface area contributed by atoms with E-state index in [1.54, 1.807) is 9.47 Å². The number of hydrogen-bond donors (Lipinski definition) is 5. The highest BCUT2D eigenvalue weighted by Gasteiger charge is 2.31. The smallest absolute Gasteiger partial charge is 0.328 e. The Hall–Kier alpha value is -4.58. The van der Waals surface area contributed by atoms with E-state index in [4.69, 9.17) is 10.5 Å². The third-order valence-corrected chi connectivity index (χ3v) is 8.20. The number of ether oxygens (including phenoxy) is 1. The van der Waals surface area contributed by atoms with Crippen molar-refractivity contribution in [2.45, 2.75) is 56.7 Å². The summed E-state index contributed by atoms with van der Waals surface area (Å²) in [5.74, 6) is -1.01. The number of benzene rings is 2. The highest BCUT2D eigenvalue weighted by Crippen LogP contribution is 2.25. The van der Waals surface area contributed by atoms with Gasteiger partial charge in [-0.1, -0.05) is 30.3 Å². The molecule has 3 amide bonds. The average Bonchev–Trinajstić information content (AvgIpc) is 3.59. The normalized spacial score (nSPS) is 15.3. The molecule has 5 rings (SSSR count). The number of nitrogens with zero attached hydrogens (tertiary/aromatic N) is 2. The van der Waals surface area contributed by atoms with Gasteiger partial charge in [0.25, 0.3) is 0 Å². The van der Waals surface area contributed by atoms with E-state index in [0.717, 1.165) is 27.5 Å². The number of H-pyrrole nitrogens is 2. The molecule has 1 fully saturated rings. The summed E-state index contributed by atoms with van der Waals surface area (Å²) in [5.41, 5.74) is 8.87. The number of unbranched alkanes of at least 4 members (excludes halogenated alkanes) is 1. The van der Waals surface area contributed by atoms with Crippen molar-refractivity contribution in [2.75, 3.05) is 26.7 Å². The lowest BCUT2D eigenvalue weighted by atomic mass is 10.0. The largest absolute Gasteiger partial charge is 0.467 e. The SMILES string of the molecule is COC(=O)[C@H](CCCCN)NC(=O)[C@@H](Cc1c[nH]c2ccccc12)NC(=O)N1CCC(n2c(=O)[nH]c3ccccc32)CC1. The lowest BCUT2D eigenvalue weighted by Crippen LogP contribution is -2.56. The number of esters is 1. The molecule has 0 spiro atoms. The van der Waals surface area contributed by atoms with E-state index in [2.05, 4.69) is 20.6 Å². The quantitative estimate of drug-likeness (QED) is 0.133. The van der Waals surface area contributed by atoms with Crippen LogP contribution in [0.4, 0.5) is 4.79 Å². The Morgan fingerprint density at radius 2 is 1.72 bits per heavy atom. The van der Waals surface area contributed by atoms with Crippen LogP contribution >= 0.6 is 0 Å². The van der Waals surface area contributed by atoms with Gasteiger partial charge in [-0.2, -0.15) is 0 Å². The number of likely N-dealkylation sites (tertiary alicyclic amines) is 1. The molecule has 43 heavy (non-hydrogen) atoms. The number of piperidine rings is 1. The van der Waals surface area contributed by atoms with Crippen molar-refractivity contribution in [3.8, 4) is 0 Å². The molecule has 3 heterocycles. The second kappa shape index (κ2) is 13.6. The summed E-state index contributed by atoms with van der Waals surface area (Å²) in [6.07, 6.45) is 4.98. The Balaban J connectivity index is 1.30. The van der Waals surface area contributed by atoms with Crippen LogP contribution < -0.4 is 22.1 Å². The second-order valence-electron chi connectivity index (χ2n) is 11.0. The zero-order valence-electron chi connectivity index (χ0n) is 24.3. The maximum atomic E-state index is 13.6. The van der Waals surface area contributed by atoms with E-state index >= 15 is 0 Å². The first-order chi connectivity index (χ1) is 20.9. The Bertz CT molecular complexity index is 1630. The zero-order valence-corrected chi connectivity index (χ0v) is 24.3. The van der Waals surface area contributed by atoms with E-state index in [-0.39, 0.29) is 24.2 Å². The summed E-state index contributed by atoms with van der Waals surface area (Å²) in [5, 5.41) is 6.68. The predicted molar refractivity (Wildman–Crippen MR) is 164 cm³/mol. The van der Waals surface area contributed by atoms with E-state index in [9.17, 15) is 19.2 Å². The van der Waals surface area contributed by atoms with Gasteiger partial charge in [-0.05, 0) is 62.4 Å². The first-order valence-electron chi connectivity index (χ1n) is 14.8. The van der Waals surface area contributed by atoms with Crippen LogP contribution in [0, 0.1) is 0 Å². The van der Waals surface area contributed by atoms with Crippen LogP contribution in [0.15, 0.2) is 59.5 Å². The topological polar surface area (TPSA) is 167 Å². The number of aromatic nitrogens is 3. The predicted octanol–water partition coefficient (Wildman–Crippen LogP) is 2.56. The monoisotopic (exact) mass is 589 g/mol. The van der Waals surface area contributed by atoms with E-state index in [0.29, 0.717) is 51.7 Å². The number of methoxy groups -OCH3 is 1. The van der Waals surface area contributed by atoms with Gasteiger partial charge in [-0.3, -0.25) is 9.36 Å².